The second-order valence-electron chi connectivity index (χ2n) is 5.62. The average molecular weight is 356 g/mol. The molecular weight excluding hydrogens is 332 g/mol. The van der Waals surface area contributed by atoms with Gasteiger partial charge in [-0.05, 0) is 48.9 Å². The number of carbonyl (C=O) groups excluding carboxylic acids is 2. The van der Waals surface area contributed by atoms with Crippen LogP contribution in [-0.2, 0) is 0 Å². The number of carbonyl (C=O) groups is 2. The molecule has 0 aliphatic rings. The molecule has 0 fully saturated rings. The molecule has 26 heavy (non-hydrogen) atoms. The van der Waals surface area contributed by atoms with Crippen molar-refractivity contribution in [3.8, 4) is 11.5 Å². The van der Waals surface area contributed by atoms with Gasteiger partial charge in [-0.3, -0.25) is 9.59 Å². The van der Waals surface area contributed by atoms with E-state index in [-0.39, 0.29) is 11.8 Å². The van der Waals surface area contributed by atoms with E-state index in [9.17, 15) is 9.59 Å². The van der Waals surface area contributed by atoms with Crippen molar-refractivity contribution in [1.29, 1.82) is 0 Å². The quantitative estimate of drug-likeness (QED) is 0.677. The Morgan fingerprint density at radius 3 is 2.04 bits per heavy atom. The van der Waals surface area contributed by atoms with Gasteiger partial charge in [-0.2, -0.15) is 0 Å². The second-order valence-corrected chi connectivity index (χ2v) is 5.62. The highest BCUT2D eigenvalue weighted by Gasteiger charge is 2.09. The van der Waals surface area contributed by atoms with Crippen molar-refractivity contribution in [3.63, 3.8) is 0 Å². The summed E-state index contributed by atoms with van der Waals surface area (Å²) in [5.74, 6) is 1.04. The van der Waals surface area contributed by atoms with E-state index in [2.05, 4.69) is 10.6 Å². The first-order chi connectivity index (χ1) is 12.6. The van der Waals surface area contributed by atoms with E-state index in [0.29, 0.717) is 36.6 Å². The highest BCUT2D eigenvalue weighted by Crippen LogP contribution is 2.16. The zero-order valence-electron chi connectivity index (χ0n) is 15.1. The molecule has 2 aromatic rings. The Hall–Kier alpha value is -3.02. The van der Waals surface area contributed by atoms with Crippen LogP contribution in [-0.4, -0.2) is 38.6 Å². The van der Waals surface area contributed by atoms with Gasteiger partial charge in [0.05, 0.1) is 13.7 Å². The molecule has 2 rings (SSSR count). The molecule has 2 aromatic carbocycles. The molecular formula is C20H24N2O4. The van der Waals surface area contributed by atoms with Crippen LogP contribution >= 0.6 is 0 Å². The van der Waals surface area contributed by atoms with Crippen LogP contribution in [0.2, 0.25) is 0 Å². The van der Waals surface area contributed by atoms with Crippen LogP contribution in [0, 0.1) is 0 Å². The van der Waals surface area contributed by atoms with Gasteiger partial charge in [0, 0.05) is 17.7 Å². The molecule has 0 aromatic heterocycles. The molecule has 2 N–H and O–H groups in total. The van der Waals surface area contributed by atoms with Gasteiger partial charge in [0.1, 0.15) is 18.1 Å². The van der Waals surface area contributed by atoms with E-state index in [1.807, 2.05) is 19.1 Å². The lowest BCUT2D eigenvalue weighted by Gasteiger charge is -2.09. The van der Waals surface area contributed by atoms with E-state index in [4.69, 9.17) is 9.47 Å². The summed E-state index contributed by atoms with van der Waals surface area (Å²) in [4.78, 5) is 24.2. The molecule has 0 aliphatic heterocycles. The number of amides is 2. The first-order valence-corrected chi connectivity index (χ1v) is 8.57. The summed E-state index contributed by atoms with van der Waals surface area (Å²) in [6.07, 6.45) is 0.861. The second kappa shape index (κ2) is 10.1. The standard InChI is InChI=1S/C20H24N2O4/c1-3-11-21-19(23)15-5-4-6-16(14-15)20(24)22-12-13-26-18-9-7-17(25-2)8-10-18/h4-10,14H,3,11-13H2,1-2H3,(H,21,23)(H,22,24). The van der Waals surface area contributed by atoms with Crippen LogP contribution in [0.3, 0.4) is 0 Å². The van der Waals surface area contributed by atoms with Gasteiger partial charge in [0.25, 0.3) is 11.8 Å². The van der Waals surface area contributed by atoms with Gasteiger partial charge in [-0.1, -0.05) is 13.0 Å². The van der Waals surface area contributed by atoms with Gasteiger partial charge in [-0.25, -0.2) is 0 Å². The molecule has 0 heterocycles. The van der Waals surface area contributed by atoms with Gasteiger partial charge in [0.2, 0.25) is 0 Å². The normalized spacial score (nSPS) is 10.1. The molecule has 0 atom stereocenters. The van der Waals surface area contributed by atoms with Gasteiger partial charge in [0.15, 0.2) is 0 Å². The van der Waals surface area contributed by atoms with Crippen molar-refractivity contribution in [2.75, 3.05) is 26.8 Å². The topological polar surface area (TPSA) is 76.7 Å². The summed E-state index contributed by atoms with van der Waals surface area (Å²) in [5.41, 5.74) is 0.916. The van der Waals surface area contributed by atoms with Crippen LogP contribution < -0.4 is 20.1 Å². The Balaban J connectivity index is 1.80. The molecule has 0 aliphatic carbocycles. The summed E-state index contributed by atoms with van der Waals surface area (Å²) < 4.78 is 10.6. The van der Waals surface area contributed by atoms with Crippen molar-refractivity contribution in [3.05, 3.63) is 59.7 Å². The predicted molar refractivity (Wildman–Crippen MR) is 99.9 cm³/mol. The molecule has 6 heteroatoms. The maximum absolute atomic E-state index is 12.2. The van der Waals surface area contributed by atoms with Crippen LogP contribution in [0.1, 0.15) is 34.1 Å². The monoisotopic (exact) mass is 356 g/mol. The van der Waals surface area contributed by atoms with E-state index in [0.717, 1.165) is 12.2 Å². The number of hydrogen-bond acceptors (Lipinski definition) is 4. The lowest BCUT2D eigenvalue weighted by atomic mass is 10.1. The minimum atomic E-state index is -0.242. The third-order valence-electron chi connectivity index (χ3n) is 3.64. The number of ether oxygens (including phenoxy) is 2. The summed E-state index contributed by atoms with van der Waals surface area (Å²) in [7, 11) is 1.60. The van der Waals surface area contributed by atoms with Crippen molar-refractivity contribution in [2.24, 2.45) is 0 Å². The maximum Gasteiger partial charge on any atom is 0.251 e. The average Bonchev–Trinajstić information content (AvgIpc) is 2.69. The molecule has 6 nitrogen and oxygen atoms in total. The lowest BCUT2D eigenvalue weighted by Crippen LogP contribution is -2.29. The lowest BCUT2D eigenvalue weighted by molar-refractivity contribution is 0.0947. The molecule has 0 saturated heterocycles. The van der Waals surface area contributed by atoms with Gasteiger partial charge < -0.3 is 20.1 Å². The Morgan fingerprint density at radius 2 is 1.46 bits per heavy atom. The van der Waals surface area contributed by atoms with E-state index in [1.54, 1.807) is 43.5 Å². The Bertz CT molecular complexity index is 729. The fourth-order valence-electron chi connectivity index (χ4n) is 2.25. The number of methoxy groups -OCH3 is 1. The summed E-state index contributed by atoms with van der Waals surface area (Å²) in [6.45, 7) is 3.29. The molecule has 2 amide bonds. The fraction of sp³-hybridized carbons (Fsp3) is 0.300. The van der Waals surface area contributed by atoms with Crippen LogP contribution in [0.5, 0.6) is 11.5 Å². The Labute approximate surface area is 153 Å². The van der Waals surface area contributed by atoms with Crippen molar-refractivity contribution < 1.29 is 19.1 Å². The minimum absolute atomic E-state index is 0.177. The zero-order chi connectivity index (χ0) is 18.8. The van der Waals surface area contributed by atoms with E-state index >= 15 is 0 Å². The summed E-state index contributed by atoms with van der Waals surface area (Å²) in [5, 5.41) is 5.57. The minimum Gasteiger partial charge on any atom is -0.497 e. The van der Waals surface area contributed by atoms with Gasteiger partial charge in [-0.15, -0.1) is 0 Å². The molecule has 0 bridgehead atoms. The summed E-state index contributed by atoms with van der Waals surface area (Å²) >= 11 is 0. The van der Waals surface area contributed by atoms with E-state index in [1.165, 1.54) is 0 Å². The van der Waals surface area contributed by atoms with Gasteiger partial charge >= 0.3 is 0 Å². The van der Waals surface area contributed by atoms with E-state index < -0.39 is 0 Å². The molecule has 138 valence electrons. The highest BCUT2D eigenvalue weighted by atomic mass is 16.5. The van der Waals surface area contributed by atoms with Crippen LogP contribution in [0.25, 0.3) is 0 Å². The molecule has 0 radical (unpaired) electrons. The first-order valence-electron chi connectivity index (χ1n) is 8.57. The predicted octanol–water partition coefficient (Wildman–Crippen LogP) is 2.64. The van der Waals surface area contributed by atoms with Crippen LogP contribution in [0.15, 0.2) is 48.5 Å². The maximum atomic E-state index is 12.2. The number of nitrogens with one attached hydrogen (secondary N) is 2. The SMILES string of the molecule is CCCNC(=O)c1cccc(C(=O)NCCOc2ccc(OC)cc2)c1. The summed E-state index contributed by atoms with van der Waals surface area (Å²) in [6, 6.07) is 13.9. The zero-order valence-corrected chi connectivity index (χ0v) is 15.1. The first kappa shape index (κ1) is 19.3. The highest BCUT2D eigenvalue weighted by molar-refractivity contribution is 5.99. The largest absolute Gasteiger partial charge is 0.497 e. The molecule has 0 spiro atoms. The van der Waals surface area contributed by atoms with Crippen molar-refractivity contribution >= 4 is 11.8 Å². The van der Waals surface area contributed by atoms with Crippen LogP contribution in [0.4, 0.5) is 0 Å². The fourth-order valence-corrected chi connectivity index (χ4v) is 2.25. The third-order valence-corrected chi connectivity index (χ3v) is 3.64. The number of rotatable bonds is 9. The third kappa shape index (κ3) is 5.81. The number of benzene rings is 2. The molecule has 0 saturated carbocycles. The number of hydrogen-bond donors (Lipinski definition) is 2. The molecule has 0 unspecified atom stereocenters. The Kier molecular flexibility index (Phi) is 7.49. The van der Waals surface area contributed by atoms with Crippen molar-refractivity contribution in [1.82, 2.24) is 10.6 Å². The van der Waals surface area contributed by atoms with Crippen molar-refractivity contribution in [2.45, 2.75) is 13.3 Å². The Morgan fingerprint density at radius 1 is 0.885 bits per heavy atom. The smallest absolute Gasteiger partial charge is 0.251 e.